The highest BCUT2D eigenvalue weighted by Gasteiger charge is 2.31. The fraction of sp³-hybridized carbons (Fsp3) is 0.562. The van der Waals surface area contributed by atoms with Crippen molar-refractivity contribution < 1.29 is 9.90 Å². The molecular formula is C16H22ClNO2. The summed E-state index contributed by atoms with van der Waals surface area (Å²) in [6.07, 6.45) is 2.47. The third kappa shape index (κ3) is 4.22. The van der Waals surface area contributed by atoms with E-state index >= 15 is 0 Å². The number of nitrogens with zero attached hydrogens (tertiary/aromatic N) is 1. The van der Waals surface area contributed by atoms with Crippen molar-refractivity contribution in [3.05, 3.63) is 34.9 Å². The highest BCUT2D eigenvalue weighted by molar-refractivity contribution is 6.30. The first-order valence-corrected chi connectivity index (χ1v) is 7.52. The van der Waals surface area contributed by atoms with Gasteiger partial charge in [0.2, 0.25) is 5.91 Å². The Morgan fingerprint density at radius 2 is 2.20 bits per heavy atom. The van der Waals surface area contributed by atoms with Crippen LogP contribution in [-0.2, 0) is 11.2 Å². The zero-order chi connectivity index (χ0) is 14.7. The monoisotopic (exact) mass is 295 g/mol. The zero-order valence-electron chi connectivity index (χ0n) is 12.1. The average molecular weight is 296 g/mol. The van der Waals surface area contributed by atoms with E-state index in [0.29, 0.717) is 23.9 Å². The van der Waals surface area contributed by atoms with E-state index in [2.05, 4.69) is 0 Å². The topological polar surface area (TPSA) is 40.5 Å². The second kappa shape index (κ2) is 6.59. The van der Waals surface area contributed by atoms with E-state index in [0.717, 1.165) is 18.4 Å². The van der Waals surface area contributed by atoms with Gasteiger partial charge in [0.15, 0.2) is 0 Å². The summed E-state index contributed by atoms with van der Waals surface area (Å²) in [6.45, 7) is 2.35. The maximum absolute atomic E-state index is 12.3. The molecule has 1 fully saturated rings. The molecule has 2 rings (SSSR count). The van der Waals surface area contributed by atoms with E-state index in [1.807, 2.05) is 31.2 Å². The van der Waals surface area contributed by atoms with E-state index in [1.165, 1.54) is 0 Å². The molecular weight excluding hydrogens is 274 g/mol. The van der Waals surface area contributed by atoms with Crippen molar-refractivity contribution in [2.45, 2.75) is 32.3 Å². The Labute approximate surface area is 125 Å². The minimum absolute atomic E-state index is 0.0738. The van der Waals surface area contributed by atoms with Crippen LogP contribution >= 0.6 is 11.6 Å². The molecule has 0 heterocycles. The van der Waals surface area contributed by atoms with Gasteiger partial charge >= 0.3 is 0 Å². The van der Waals surface area contributed by atoms with Crippen LogP contribution in [0.2, 0.25) is 5.02 Å². The summed E-state index contributed by atoms with van der Waals surface area (Å²) in [6, 6.07) is 7.60. The van der Waals surface area contributed by atoms with Crippen molar-refractivity contribution in [2.24, 2.45) is 11.8 Å². The smallest absolute Gasteiger partial charge is 0.225 e. The van der Waals surface area contributed by atoms with Gasteiger partial charge in [0.1, 0.15) is 0 Å². The molecule has 2 atom stereocenters. The minimum atomic E-state index is -0.373. The predicted octanol–water partition coefficient (Wildman–Crippen LogP) is 2.75. The number of aliphatic hydroxyl groups excluding tert-OH is 1. The van der Waals surface area contributed by atoms with Crippen molar-refractivity contribution >= 4 is 17.5 Å². The highest BCUT2D eigenvalue weighted by atomic mass is 35.5. The van der Waals surface area contributed by atoms with Gasteiger partial charge in [-0.25, -0.2) is 0 Å². The van der Waals surface area contributed by atoms with Gasteiger partial charge in [0, 0.05) is 24.5 Å². The molecule has 110 valence electrons. The van der Waals surface area contributed by atoms with Gasteiger partial charge in [0.25, 0.3) is 0 Å². The lowest BCUT2D eigenvalue weighted by Gasteiger charge is -2.24. The van der Waals surface area contributed by atoms with Crippen LogP contribution in [0.3, 0.4) is 0 Å². The van der Waals surface area contributed by atoms with Crippen LogP contribution in [0, 0.1) is 11.8 Å². The third-order valence-corrected chi connectivity index (χ3v) is 4.09. The van der Waals surface area contributed by atoms with E-state index < -0.39 is 0 Å². The fourth-order valence-corrected chi connectivity index (χ4v) is 2.69. The Kier molecular flexibility index (Phi) is 5.06. The Morgan fingerprint density at radius 1 is 1.50 bits per heavy atom. The Balaban J connectivity index is 1.87. The number of halogens is 1. The lowest BCUT2D eigenvalue weighted by Crippen LogP contribution is -2.38. The number of likely N-dealkylation sites (N-methyl/N-ethyl adjacent to an activating group) is 1. The number of amides is 1. The van der Waals surface area contributed by atoms with E-state index in [1.54, 1.807) is 11.9 Å². The first-order chi connectivity index (χ1) is 9.47. The lowest BCUT2D eigenvalue weighted by atomic mass is 9.99. The van der Waals surface area contributed by atoms with E-state index in [4.69, 9.17) is 11.6 Å². The molecule has 0 saturated heterocycles. The molecule has 0 radical (unpaired) electrons. The Bertz CT molecular complexity index is 473. The number of hydrogen-bond acceptors (Lipinski definition) is 2. The molecule has 1 amide bonds. The van der Waals surface area contributed by atoms with E-state index in [-0.39, 0.29) is 17.9 Å². The van der Waals surface area contributed by atoms with Crippen LogP contribution in [0.5, 0.6) is 0 Å². The maximum Gasteiger partial charge on any atom is 0.225 e. The SMILES string of the molecule is CC(Cc1cccc(Cl)c1)C(=O)N(C)CC(O)C1CC1. The van der Waals surface area contributed by atoms with Crippen molar-refractivity contribution in [3.63, 3.8) is 0 Å². The number of carbonyl (C=O) groups is 1. The molecule has 20 heavy (non-hydrogen) atoms. The first-order valence-electron chi connectivity index (χ1n) is 7.15. The summed E-state index contributed by atoms with van der Waals surface area (Å²) >= 11 is 5.95. The molecule has 0 aromatic heterocycles. The number of benzene rings is 1. The normalized spacial score (nSPS) is 17.6. The van der Waals surface area contributed by atoms with Crippen molar-refractivity contribution in [2.75, 3.05) is 13.6 Å². The predicted molar refractivity (Wildman–Crippen MR) is 80.7 cm³/mol. The molecule has 1 saturated carbocycles. The molecule has 4 heteroatoms. The van der Waals surface area contributed by atoms with Crippen LogP contribution in [0.15, 0.2) is 24.3 Å². The molecule has 1 aromatic carbocycles. The number of rotatable bonds is 6. The molecule has 3 nitrogen and oxygen atoms in total. The Morgan fingerprint density at radius 3 is 2.80 bits per heavy atom. The first kappa shape index (κ1) is 15.3. The van der Waals surface area contributed by atoms with Gasteiger partial charge in [-0.15, -0.1) is 0 Å². The summed E-state index contributed by atoms with van der Waals surface area (Å²) in [7, 11) is 1.77. The molecule has 0 bridgehead atoms. The number of aliphatic hydroxyl groups is 1. The van der Waals surface area contributed by atoms with Gasteiger partial charge in [-0.05, 0) is 42.9 Å². The number of carbonyl (C=O) groups excluding carboxylic acids is 1. The summed E-state index contributed by atoms with van der Waals surface area (Å²) in [5.74, 6) is 0.364. The third-order valence-electron chi connectivity index (χ3n) is 3.86. The summed E-state index contributed by atoms with van der Waals surface area (Å²) < 4.78 is 0. The van der Waals surface area contributed by atoms with Gasteiger partial charge in [-0.3, -0.25) is 4.79 Å². The molecule has 1 N–H and O–H groups in total. The molecule has 1 aromatic rings. The van der Waals surface area contributed by atoms with Gasteiger partial charge in [-0.2, -0.15) is 0 Å². The zero-order valence-corrected chi connectivity index (χ0v) is 12.8. The average Bonchev–Trinajstić information content (AvgIpc) is 3.21. The van der Waals surface area contributed by atoms with Crippen LogP contribution in [-0.4, -0.2) is 35.6 Å². The molecule has 1 aliphatic carbocycles. The molecule has 1 aliphatic rings. The van der Waals surface area contributed by atoms with Crippen molar-refractivity contribution in [1.29, 1.82) is 0 Å². The Hall–Kier alpha value is -1.06. The summed E-state index contributed by atoms with van der Waals surface area (Å²) in [5.41, 5.74) is 1.06. The van der Waals surface area contributed by atoms with Crippen LogP contribution in [0.1, 0.15) is 25.3 Å². The van der Waals surface area contributed by atoms with Crippen molar-refractivity contribution in [3.8, 4) is 0 Å². The summed E-state index contributed by atoms with van der Waals surface area (Å²) in [4.78, 5) is 13.9. The van der Waals surface area contributed by atoms with E-state index in [9.17, 15) is 9.90 Å². The van der Waals surface area contributed by atoms with Gasteiger partial charge in [0.05, 0.1) is 6.10 Å². The van der Waals surface area contributed by atoms with Crippen LogP contribution < -0.4 is 0 Å². The second-order valence-electron chi connectivity index (χ2n) is 5.86. The van der Waals surface area contributed by atoms with Gasteiger partial charge < -0.3 is 10.0 Å². The highest BCUT2D eigenvalue weighted by Crippen LogP contribution is 2.32. The standard InChI is InChI=1S/C16H22ClNO2/c1-11(8-12-4-3-5-14(17)9-12)16(20)18(2)10-15(19)13-6-7-13/h3-5,9,11,13,15,19H,6-8,10H2,1-2H3. The second-order valence-corrected chi connectivity index (χ2v) is 6.30. The fourth-order valence-electron chi connectivity index (χ4n) is 2.48. The molecule has 2 unspecified atom stereocenters. The molecule has 0 aliphatic heterocycles. The lowest BCUT2D eigenvalue weighted by molar-refractivity contribution is -0.135. The van der Waals surface area contributed by atoms with Crippen molar-refractivity contribution in [1.82, 2.24) is 4.90 Å². The van der Waals surface area contributed by atoms with Crippen LogP contribution in [0.4, 0.5) is 0 Å². The van der Waals surface area contributed by atoms with Gasteiger partial charge in [-0.1, -0.05) is 30.7 Å². The maximum atomic E-state index is 12.3. The quantitative estimate of drug-likeness (QED) is 0.877. The largest absolute Gasteiger partial charge is 0.391 e. The van der Waals surface area contributed by atoms with Crippen LogP contribution in [0.25, 0.3) is 0 Å². The molecule has 0 spiro atoms. The minimum Gasteiger partial charge on any atom is -0.391 e. The number of hydrogen-bond donors (Lipinski definition) is 1. The summed E-state index contributed by atoms with van der Waals surface area (Å²) in [5, 5.41) is 10.6.